The van der Waals surface area contributed by atoms with E-state index in [9.17, 15) is 9.90 Å². The number of benzene rings is 1. The molecule has 2 atom stereocenters. The lowest BCUT2D eigenvalue weighted by atomic mass is 9.89. The number of carbonyl (C=O) groups is 1. The summed E-state index contributed by atoms with van der Waals surface area (Å²) in [5, 5.41) is 12.9. The van der Waals surface area contributed by atoms with Crippen LogP contribution in [0.2, 0.25) is 0 Å². The lowest BCUT2D eigenvalue weighted by molar-refractivity contribution is 0.0627. The molecule has 1 aliphatic heterocycles. The molecule has 0 aromatic heterocycles. The maximum absolute atomic E-state index is 12.5. The first-order chi connectivity index (χ1) is 10.2. The van der Waals surface area contributed by atoms with Crippen molar-refractivity contribution < 1.29 is 9.90 Å². The third kappa shape index (κ3) is 3.97. The van der Waals surface area contributed by atoms with Crippen LogP contribution in [0, 0.1) is 5.92 Å². The molecule has 4 heteroatoms. The minimum absolute atomic E-state index is 0.0717. The Balaban J connectivity index is 1.99. The van der Waals surface area contributed by atoms with Crippen molar-refractivity contribution in [2.45, 2.75) is 39.2 Å². The minimum Gasteiger partial charge on any atom is -0.508 e. The zero-order chi connectivity index (χ0) is 15.2. The van der Waals surface area contributed by atoms with Crippen LogP contribution in [-0.2, 0) is 0 Å². The molecular weight excluding hydrogens is 264 g/mol. The van der Waals surface area contributed by atoms with Crippen molar-refractivity contribution in [2.75, 3.05) is 19.6 Å². The van der Waals surface area contributed by atoms with E-state index in [-0.39, 0.29) is 11.7 Å². The van der Waals surface area contributed by atoms with Crippen molar-refractivity contribution in [3.8, 4) is 5.75 Å². The van der Waals surface area contributed by atoms with Crippen molar-refractivity contribution in [2.24, 2.45) is 5.92 Å². The first kappa shape index (κ1) is 15.8. The average Bonchev–Trinajstić information content (AvgIpc) is 2.52. The van der Waals surface area contributed by atoms with Crippen LogP contribution in [0.25, 0.3) is 0 Å². The van der Waals surface area contributed by atoms with Crippen LogP contribution in [0.1, 0.15) is 43.5 Å². The fourth-order valence-electron chi connectivity index (χ4n) is 3.02. The van der Waals surface area contributed by atoms with E-state index in [1.165, 1.54) is 0 Å². The second kappa shape index (κ2) is 7.46. The third-order valence-electron chi connectivity index (χ3n) is 4.32. The summed E-state index contributed by atoms with van der Waals surface area (Å²) in [6, 6.07) is 7.05. The molecule has 0 bridgehead atoms. The Hall–Kier alpha value is -1.55. The monoisotopic (exact) mass is 290 g/mol. The smallest absolute Gasteiger partial charge is 0.253 e. The summed E-state index contributed by atoms with van der Waals surface area (Å²) in [5.74, 6) is 0.786. The normalized spacial score (nSPS) is 22.3. The molecule has 1 heterocycles. The number of piperidine rings is 1. The van der Waals surface area contributed by atoms with Crippen LogP contribution in [-0.4, -0.2) is 41.6 Å². The summed E-state index contributed by atoms with van der Waals surface area (Å²) in [6.45, 7) is 7.04. The van der Waals surface area contributed by atoms with Gasteiger partial charge < -0.3 is 15.3 Å². The van der Waals surface area contributed by atoms with Gasteiger partial charge in [-0.2, -0.15) is 0 Å². The van der Waals surface area contributed by atoms with Crippen molar-refractivity contribution in [3.63, 3.8) is 0 Å². The molecular formula is C17H26N2O2. The molecule has 0 aliphatic carbocycles. The Morgan fingerprint density at radius 2 is 2.05 bits per heavy atom. The highest BCUT2D eigenvalue weighted by atomic mass is 16.3. The van der Waals surface area contributed by atoms with Gasteiger partial charge in [-0.15, -0.1) is 0 Å². The van der Waals surface area contributed by atoms with Crippen LogP contribution in [0.5, 0.6) is 5.75 Å². The van der Waals surface area contributed by atoms with Gasteiger partial charge in [-0.3, -0.25) is 4.79 Å². The first-order valence-corrected chi connectivity index (χ1v) is 7.97. The lowest BCUT2D eigenvalue weighted by Crippen LogP contribution is -2.51. The van der Waals surface area contributed by atoms with E-state index in [1.54, 1.807) is 24.3 Å². The number of rotatable bonds is 5. The van der Waals surface area contributed by atoms with Crippen LogP contribution in [0.4, 0.5) is 0 Å². The summed E-state index contributed by atoms with van der Waals surface area (Å²) < 4.78 is 0. The number of phenolic OH excluding ortho intramolecular Hbond substituents is 1. The average molecular weight is 290 g/mol. The number of hydrogen-bond acceptors (Lipinski definition) is 3. The number of phenols is 1. The van der Waals surface area contributed by atoms with Crippen LogP contribution < -0.4 is 5.32 Å². The van der Waals surface area contributed by atoms with Gasteiger partial charge in [0.25, 0.3) is 5.91 Å². The molecule has 21 heavy (non-hydrogen) atoms. The highest BCUT2D eigenvalue weighted by Gasteiger charge is 2.30. The second-order valence-corrected chi connectivity index (χ2v) is 5.82. The van der Waals surface area contributed by atoms with Gasteiger partial charge in [-0.1, -0.05) is 20.3 Å². The van der Waals surface area contributed by atoms with Gasteiger partial charge >= 0.3 is 0 Å². The number of hydrogen-bond donors (Lipinski definition) is 2. The number of carbonyl (C=O) groups excluding carboxylic acids is 1. The largest absolute Gasteiger partial charge is 0.508 e. The summed E-state index contributed by atoms with van der Waals surface area (Å²) in [5.41, 5.74) is 0.655. The number of aromatic hydroxyl groups is 1. The van der Waals surface area contributed by atoms with Gasteiger partial charge in [0.1, 0.15) is 5.75 Å². The van der Waals surface area contributed by atoms with Gasteiger partial charge in [0.2, 0.25) is 0 Å². The van der Waals surface area contributed by atoms with E-state index in [2.05, 4.69) is 19.2 Å². The van der Waals surface area contributed by atoms with Crippen LogP contribution in [0.15, 0.2) is 24.3 Å². The fourth-order valence-corrected chi connectivity index (χ4v) is 3.02. The molecule has 0 radical (unpaired) electrons. The molecule has 0 saturated carbocycles. The summed E-state index contributed by atoms with van der Waals surface area (Å²) in [6.07, 6.45) is 3.24. The van der Waals surface area contributed by atoms with E-state index in [4.69, 9.17) is 0 Å². The number of amides is 1. The molecule has 2 unspecified atom stereocenters. The molecule has 1 aromatic rings. The molecule has 1 aliphatic rings. The van der Waals surface area contributed by atoms with Gasteiger partial charge in [0.15, 0.2) is 0 Å². The zero-order valence-corrected chi connectivity index (χ0v) is 13.0. The van der Waals surface area contributed by atoms with Crippen molar-refractivity contribution >= 4 is 5.91 Å². The van der Waals surface area contributed by atoms with E-state index in [0.717, 1.165) is 38.9 Å². The maximum atomic E-state index is 12.5. The molecule has 1 fully saturated rings. The fraction of sp³-hybridized carbons (Fsp3) is 0.588. The molecule has 1 aromatic carbocycles. The molecule has 2 N–H and O–H groups in total. The topological polar surface area (TPSA) is 52.6 Å². The number of likely N-dealkylation sites (tertiary alicyclic amines) is 1. The molecule has 1 amide bonds. The summed E-state index contributed by atoms with van der Waals surface area (Å²) in [7, 11) is 0. The third-order valence-corrected chi connectivity index (χ3v) is 4.32. The molecule has 4 nitrogen and oxygen atoms in total. The minimum atomic E-state index is 0.0717. The highest BCUT2D eigenvalue weighted by molar-refractivity contribution is 5.94. The number of nitrogens with one attached hydrogen (secondary N) is 1. The molecule has 116 valence electrons. The van der Waals surface area contributed by atoms with Gasteiger partial charge in [-0.05, 0) is 49.6 Å². The predicted molar refractivity (Wildman–Crippen MR) is 84.5 cm³/mol. The van der Waals surface area contributed by atoms with E-state index < -0.39 is 0 Å². The van der Waals surface area contributed by atoms with Crippen LogP contribution >= 0.6 is 0 Å². The summed E-state index contributed by atoms with van der Waals surface area (Å²) in [4.78, 5) is 14.5. The number of nitrogens with zero attached hydrogens (tertiary/aromatic N) is 1. The zero-order valence-electron chi connectivity index (χ0n) is 13.0. The van der Waals surface area contributed by atoms with E-state index in [0.29, 0.717) is 17.5 Å². The Labute approximate surface area is 127 Å². The van der Waals surface area contributed by atoms with E-state index >= 15 is 0 Å². The van der Waals surface area contributed by atoms with Gasteiger partial charge in [0.05, 0.1) is 0 Å². The maximum Gasteiger partial charge on any atom is 0.253 e. The first-order valence-electron chi connectivity index (χ1n) is 7.97. The lowest BCUT2D eigenvalue weighted by Gasteiger charge is -2.39. The second-order valence-electron chi connectivity index (χ2n) is 5.82. The molecule has 1 saturated heterocycles. The SMILES string of the molecule is CCCNC1CCN(C(=O)c2ccc(O)cc2)CC1CC. The standard InChI is InChI=1S/C17H26N2O2/c1-3-10-18-16-9-11-19(12-13(16)4-2)17(21)14-5-7-15(20)8-6-14/h5-8,13,16,18,20H,3-4,9-12H2,1-2H3. The highest BCUT2D eigenvalue weighted by Crippen LogP contribution is 2.22. The Morgan fingerprint density at radius 1 is 1.33 bits per heavy atom. The van der Waals surface area contributed by atoms with Crippen molar-refractivity contribution in [1.82, 2.24) is 10.2 Å². The molecule has 2 rings (SSSR count). The Morgan fingerprint density at radius 3 is 2.67 bits per heavy atom. The van der Waals surface area contributed by atoms with E-state index in [1.807, 2.05) is 4.90 Å². The van der Waals surface area contributed by atoms with Crippen molar-refractivity contribution in [1.29, 1.82) is 0 Å². The van der Waals surface area contributed by atoms with Crippen molar-refractivity contribution in [3.05, 3.63) is 29.8 Å². The van der Waals surface area contributed by atoms with Gasteiger partial charge in [-0.25, -0.2) is 0 Å². The predicted octanol–water partition coefficient (Wildman–Crippen LogP) is 2.63. The quantitative estimate of drug-likeness (QED) is 0.876. The Bertz CT molecular complexity index is 458. The van der Waals surface area contributed by atoms with Gasteiger partial charge in [0, 0.05) is 24.7 Å². The molecule has 0 spiro atoms. The summed E-state index contributed by atoms with van der Waals surface area (Å²) >= 11 is 0. The Kier molecular flexibility index (Phi) is 5.62. The van der Waals surface area contributed by atoms with Crippen LogP contribution in [0.3, 0.4) is 0 Å².